The number of thiophene rings is 1. The number of hydrogen-bond donors (Lipinski definition) is 1. The summed E-state index contributed by atoms with van der Waals surface area (Å²) in [6.45, 7) is 2.14. The molecule has 0 saturated carbocycles. The van der Waals surface area contributed by atoms with Gasteiger partial charge in [-0.3, -0.25) is 0 Å². The zero-order valence-corrected chi connectivity index (χ0v) is 10.9. The van der Waals surface area contributed by atoms with E-state index in [-0.39, 0.29) is 11.9 Å². The van der Waals surface area contributed by atoms with Crippen LogP contribution in [0.25, 0.3) is 5.70 Å². The fourth-order valence-corrected chi connectivity index (χ4v) is 3.07. The van der Waals surface area contributed by atoms with E-state index in [1.807, 2.05) is 12.1 Å². The molecule has 1 N–H and O–H groups in total. The minimum Gasteiger partial charge on any atom is -0.373 e. The summed E-state index contributed by atoms with van der Waals surface area (Å²) < 4.78 is 13.3. The zero-order valence-electron chi connectivity index (χ0n) is 10.1. The van der Waals surface area contributed by atoms with Gasteiger partial charge in [-0.05, 0) is 41.2 Å². The largest absolute Gasteiger partial charge is 0.373 e. The van der Waals surface area contributed by atoms with Gasteiger partial charge in [0.05, 0.1) is 16.6 Å². The van der Waals surface area contributed by atoms with E-state index in [4.69, 9.17) is 0 Å². The van der Waals surface area contributed by atoms with E-state index in [9.17, 15) is 4.39 Å². The van der Waals surface area contributed by atoms with E-state index >= 15 is 0 Å². The first-order chi connectivity index (χ1) is 8.78. The molecule has 1 nitrogen and oxygen atoms in total. The number of hydrogen-bond acceptors (Lipinski definition) is 2. The molecule has 3 rings (SSSR count). The van der Waals surface area contributed by atoms with Crippen LogP contribution >= 0.6 is 11.3 Å². The summed E-state index contributed by atoms with van der Waals surface area (Å²) in [6.07, 6.45) is 8.15. The zero-order chi connectivity index (χ0) is 12.5. The molecule has 2 heterocycles. The summed E-state index contributed by atoms with van der Waals surface area (Å²) in [4.78, 5) is 1.21. The lowest BCUT2D eigenvalue weighted by atomic mass is 9.93. The highest BCUT2D eigenvalue weighted by Gasteiger charge is 2.22. The molecular weight excluding hydrogens is 245 g/mol. The topological polar surface area (TPSA) is 12.0 Å². The minimum atomic E-state index is -0.171. The maximum atomic E-state index is 13.3. The molecule has 18 heavy (non-hydrogen) atoms. The molecule has 92 valence electrons. The molecular formula is C15H14FNS. The van der Waals surface area contributed by atoms with Crippen molar-refractivity contribution < 1.29 is 4.39 Å². The van der Waals surface area contributed by atoms with Crippen LogP contribution < -0.4 is 5.32 Å². The Morgan fingerprint density at radius 3 is 3.00 bits per heavy atom. The van der Waals surface area contributed by atoms with Crippen LogP contribution in [0.1, 0.15) is 18.2 Å². The van der Waals surface area contributed by atoms with E-state index in [1.165, 1.54) is 16.5 Å². The average Bonchev–Trinajstić information content (AvgIpc) is 2.90. The average molecular weight is 259 g/mol. The third kappa shape index (κ3) is 1.95. The number of rotatable bonds is 2. The van der Waals surface area contributed by atoms with Crippen molar-refractivity contribution in [1.82, 2.24) is 5.32 Å². The van der Waals surface area contributed by atoms with Crippen LogP contribution in [0.5, 0.6) is 0 Å². The van der Waals surface area contributed by atoms with E-state index in [0.717, 1.165) is 17.7 Å². The Kier molecular flexibility index (Phi) is 2.92. The fraction of sp³-hybridized carbons (Fsp3) is 0.200. The van der Waals surface area contributed by atoms with Gasteiger partial charge in [-0.15, -0.1) is 11.3 Å². The van der Waals surface area contributed by atoms with Crippen molar-refractivity contribution in [1.29, 1.82) is 0 Å². The molecule has 3 heteroatoms. The van der Waals surface area contributed by atoms with Gasteiger partial charge in [0.15, 0.2) is 0 Å². The highest BCUT2D eigenvalue weighted by Crippen LogP contribution is 2.32. The lowest BCUT2D eigenvalue weighted by Gasteiger charge is -2.28. The van der Waals surface area contributed by atoms with E-state index in [1.54, 1.807) is 17.4 Å². The summed E-state index contributed by atoms with van der Waals surface area (Å²) in [5.74, 6) is -0.171. The molecule has 0 spiro atoms. The predicted octanol–water partition coefficient (Wildman–Crippen LogP) is 4.19. The second-order valence-corrected chi connectivity index (χ2v) is 5.33. The highest BCUT2D eigenvalue weighted by molar-refractivity contribution is 7.11. The van der Waals surface area contributed by atoms with Crippen LogP contribution in [-0.4, -0.2) is 6.04 Å². The third-order valence-electron chi connectivity index (χ3n) is 3.23. The second kappa shape index (κ2) is 4.58. The Balaban J connectivity index is 2.05. The van der Waals surface area contributed by atoms with Gasteiger partial charge in [0.25, 0.3) is 0 Å². The Morgan fingerprint density at radius 1 is 1.39 bits per heavy atom. The number of fused-ring (bicyclic) bond motifs is 1. The summed E-state index contributed by atoms with van der Waals surface area (Å²) in [5, 5.41) is 5.51. The molecule has 1 aliphatic heterocycles. The van der Waals surface area contributed by atoms with Crippen molar-refractivity contribution in [3.8, 4) is 0 Å². The SMILES string of the molecule is CCC1=C(c2cccs2)NC2C=C(F)C=CC2=C1. The standard InChI is InChI=1S/C15H14FNS/c1-2-10-8-11-5-6-12(16)9-13(11)17-15(10)14-4-3-7-18-14/h3-9,13,17H,2H2,1H3. The summed E-state index contributed by atoms with van der Waals surface area (Å²) >= 11 is 1.71. The maximum absolute atomic E-state index is 13.3. The first kappa shape index (κ1) is 11.5. The molecule has 0 saturated heterocycles. The van der Waals surface area contributed by atoms with Gasteiger partial charge in [0.2, 0.25) is 0 Å². The van der Waals surface area contributed by atoms with Gasteiger partial charge in [0.1, 0.15) is 5.83 Å². The number of allylic oxidation sites excluding steroid dienone is 4. The molecule has 0 fully saturated rings. The maximum Gasteiger partial charge on any atom is 0.121 e. The molecule has 1 atom stereocenters. The van der Waals surface area contributed by atoms with Crippen LogP contribution in [0, 0.1) is 0 Å². The second-order valence-electron chi connectivity index (χ2n) is 4.38. The van der Waals surface area contributed by atoms with E-state index < -0.39 is 0 Å². The first-order valence-corrected chi connectivity index (χ1v) is 6.96. The normalized spacial score (nSPS) is 22.2. The minimum absolute atomic E-state index is 0.0394. The van der Waals surface area contributed by atoms with Crippen molar-refractivity contribution in [3.63, 3.8) is 0 Å². The van der Waals surface area contributed by atoms with Crippen molar-refractivity contribution in [2.75, 3.05) is 0 Å². The van der Waals surface area contributed by atoms with E-state index in [0.29, 0.717) is 0 Å². The Morgan fingerprint density at radius 2 is 2.28 bits per heavy atom. The number of halogens is 1. The smallest absolute Gasteiger partial charge is 0.121 e. The van der Waals surface area contributed by atoms with Gasteiger partial charge in [-0.1, -0.05) is 25.1 Å². The van der Waals surface area contributed by atoms with Gasteiger partial charge in [-0.25, -0.2) is 4.39 Å². The highest BCUT2D eigenvalue weighted by atomic mass is 32.1. The number of dihydropyridines is 1. The van der Waals surface area contributed by atoms with Crippen LogP contribution in [0.3, 0.4) is 0 Å². The summed E-state index contributed by atoms with van der Waals surface area (Å²) in [6, 6.07) is 4.10. The monoisotopic (exact) mass is 259 g/mol. The Labute approximate surface area is 110 Å². The molecule has 1 aromatic heterocycles. The van der Waals surface area contributed by atoms with Crippen molar-refractivity contribution in [3.05, 3.63) is 63.7 Å². The lowest BCUT2D eigenvalue weighted by Crippen LogP contribution is -2.32. The molecule has 2 aliphatic rings. The van der Waals surface area contributed by atoms with Gasteiger partial charge >= 0.3 is 0 Å². The van der Waals surface area contributed by atoms with Gasteiger partial charge in [-0.2, -0.15) is 0 Å². The first-order valence-electron chi connectivity index (χ1n) is 6.08. The fourth-order valence-electron chi connectivity index (χ4n) is 2.30. The molecule has 1 aromatic rings. The molecule has 1 aliphatic carbocycles. The van der Waals surface area contributed by atoms with Crippen LogP contribution in [0.2, 0.25) is 0 Å². The molecule has 1 unspecified atom stereocenters. The molecule has 0 amide bonds. The molecule has 0 radical (unpaired) electrons. The Bertz CT molecular complexity index is 576. The number of nitrogens with one attached hydrogen (secondary N) is 1. The van der Waals surface area contributed by atoms with Crippen molar-refractivity contribution in [2.45, 2.75) is 19.4 Å². The summed E-state index contributed by atoms with van der Waals surface area (Å²) in [5.41, 5.74) is 3.55. The van der Waals surface area contributed by atoms with Gasteiger partial charge in [0, 0.05) is 0 Å². The lowest BCUT2D eigenvalue weighted by molar-refractivity contribution is 0.641. The van der Waals surface area contributed by atoms with Crippen molar-refractivity contribution in [2.24, 2.45) is 0 Å². The van der Waals surface area contributed by atoms with E-state index in [2.05, 4.69) is 29.8 Å². The predicted molar refractivity (Wildman–Crippen MR) is 74.9 cm³/mol. The Hall–Kier alpha value is -1.61. The quantitative estimate of drug-likeness (QED) is 0.839. The molecule has 0 bridgehead atoms. The van der Waals surface area contributed by atoms with Crippen molar-refractivity contribution >= 4 is 17.0 Å². The third-order valence-corrected chi connectivity index (χ3v) is 4.12. The molecule has 0 aromatic carbocycles. The van der Waals surface area contributed by atoms with Crippen LogP contribution in [0.15, 0.2) is 58.8 Å². The van der Waals surface area contributed by atoms with Crippen LogP contribution in [0.4, 0.5) is 4.39 Å². The van der Waals surface area contributed by atoms with Gasteiger partial charge < -0.3 is 5.32 Å². The van der Waals surface area contributed by atoms with Crippen LogP contribution in [-0.2, 0) is 0 Å². The summed E-state index contributed by atoms with van der Waals surface area (Å²) in [7, 11) is 0.